The molecule has 1 aliphatic rings. The van der Waals surface area contributed by atoms with E-state index in [1.54, 1.807) is 0 Å². The van der Waals surface area contributed by atoms with Crippen LogP contribution in [-0.4, -0.2) is 49.2 Å². The molecule has 0 amide bonds. The summed E-state index contributed by atoms with van der Waals surface area (Å²) in [5.74, 6) is 0. The van der Waals surface area contributed by atoms with Gasteiger partial charge in [0, 0.05) is 50.3 Å². The Morgan fingerprint density at radius 1 is 1.50 bits per heavy atom. The second kappa shape index (κ2) is 5.82. The molecule has 88 valence electrons. The summed E-state index contributed by atoms with van der Waals surface area (Å²) in [6.45, 7) is 4.43. The maximum atomic E-state index is 3.99. The number of hydrogen-bond acceptors (Lipinski definition) is 4. The molecule has 0 spiro atoms. The summed E-state index contributed by atoms with van der Waals surface area (Å²) in [6.07, 6.45) is 4.79. The van der Waals surface area contributed by atoms with Crippen LogP contribution >= 0.6 is 0 Å². The van der Waals surface area contributed by atoms with Crippen molar-refractivity contribution in [3.8, 4) is 0 Å². The van der Waals surface area contributed by atoms with E-state index in [2.05, 4.69) is 27.6 Å². The van der Waals surface area contributed by atoms with Crippen LogP contribution in [0.25, 0.3) is 0 Å². The molecule has 0 bridgehead atoms. The normalized spacial score (nSPS) is 21.9. The SMILES string of the molecule is CN1CCNC(CCNc2ccncc2)C1. The molecule has 0 aromatic carbocycles. The molecule has 1 aromatic rings. The Balaban J connectivity index is 1.68. The number of nitrogens with one attached hydrogen (secondary N) is 2. The van der Waals surface area contributed by atoms with Crippen LogP contribution in [0.3, 0.4) is 0 Å². The molecule has 1 atom stereocenters. The number of nitrogens with zero attached hydrogens (tertiary/aromatic N) is 2. The van der Waals surface area contributed by atoms with Gasteiger partial charge >= 0.3 is 0 Å². The molecule has 1 unspecified atom stereocenters. The lowest BCUT2D eigenvalue weighted by molar-refractivity contribution is 0.234. The number of anilines is 1. The van der Waals surface area contributed by atoms with E-state index in [-0.39, 0.29) is 0 Å². The van der Waals surface area contributed by atoms with Gasteiger partial charge in [-0.25, -0.2) is 0 Å². The molecular weight excluding hydrogens is 200 g/mol. The lowest BCUT2D eigenvalue weighted by Crippen LogP contribution is -2.49. The molecular formula is C12H20N4. The average molecular weight is 220 g/mol. The van der Waals surface area contributed by atoms with E-state index < -0.39 is 0 Å². The highest BCUT2D eigenvalue weighted by Gasteiger charge is 2.15. The van der Waals surface area contributed by atoms with Crippen molar-refractivity contribution in [1.82, 2.24) is 15.2 Å². The minimum Gasteiger partial charge on any atom is -0.385 e. The van der Waals surface area contributed by atoms with Crippen molar-refractivity contribution in [2.45, 2.75) is 12.5 Å². The summed E-state index contributed by atoms with van der Waals surface area (Å²) in [5, 5.41) is 6.95. The number of piperazine rings is 1. The van der Waals surface area contributed by atoms with E-state index in [0.29, 0.717) is 6.04 Å². The van der Waals surface area contributed by atoms with Crippen molar-refractivity contribution in [1.29, 1.82) is 0 Å². The van der Waals surface area contributed by atoms with Gasteiger partial charge in [-0.15, -0.1) is 0 Å². The minimum atomic E-state index is 0.619. The monoisotopic (exact) mass is 220 g/mol. The molecule has 2 rings (SSSR count). The summed E-state index contributed by atoms with van der Waals surface area (Å²) in [7, 11) is 2.18. The largest absolute Gasteiger partial charge is 0.385 e. The van der Waals surface area contributed by atoms with Gasteiger partial charge in [0.25, 0.3) is 0 Å². The van der Waals surface area contributed by atoms with Gasteiger partial charge in [-0.2, -0.15) is 0 Å². The van der Waals surface area contributed by atoms with Crippen LogP contribution in [0.15, 0.2) is 24.5 Å². The Bertz CT molecular complexity index is 301. The summed E-state index contributed by atoms with van der Waals surface area (Å²) in [6, 6.07) is 4.62. The third-order valence-electron chi connectivity index (χ3n) is 2.96. The Morgan fingerprint density at radius 3 is 3.06 bits per heavy atom. The average Bonchev–Trinajstić information content (AvgIpc) is 2.30. The first-order valence-corrected chi connectivity index (χ1v) is 5.90. The summed E-state index contributed by atoms with van der Waals surface area (Å²) >= 11 is 0. The van der Waals surface area contributed by atoms with E-state index in [1.165, 1.54) is 0 Å². The number of pyridine rings is 1. The number of rotatable bonds is 4. The standard InChI is InChI=1S/C12H20N4/c1-16-9-8-15-12(10-16)4-7-14-11-2-5-13-6-3-11/h2-3,5-6,12,15H,4,7-10H2,1H3,(H,13,14). The number of aromatic nitrogens is 1. The second-order valence-corrected chi connectivity index (χ2v) is 4.36. The molecule has 0 aliphatic carbocycles. The van der Waals surface area contributed by atoms with Crippen molar-refractivity contribution in [2.75, 3.05) is 38.5 Å². The third kappa shape index (κ3) is 3.47. The second-order valence-electron chi connectivity index (χ2n) is 4.36. The van der Waals surface area contributed by atoms with Gasteiger partial charge in [0.2, 0.25) is 0 Å². The molecule has 16 heavy (non-hydrogen) atoms. The molecule has 4 heteroatoms. The first-order chi connectivity index (χ1) is 7.84. The van der Waals surface area contributed by atoms with Gasteiger partial charge in [-0.05, 0) is 25.6 Å². The van der Waals surface area contributed by atoms with Crippen molar-refractivity contribution in [3.63, 3.8) is 0 Å². The first kappa shape index (κ1) is 11.4. The van der Waals surface area contributed by atoms with Crippen LogP contribution in [0, 0.1) is 0 Å². The van der Waals surface area contributed by atoms with Gasteiger partial charge in [-0.1, -0.05) is 0 Å². The molecule has 0 saturated carbocycles. The minimum absolute atomic E-state index is 0.619. The van der Waals surface area contributed by atoms with Crippen LogP contribution in [-0.2, 0) is 0 Å². The third-order valence-corrected chi connectivity index (χ3v) is 2.96. The van der Waals surface area contributed by atoms with E-state index in [0.717, 1.165) is 38.3 Å². The number of likely N-dealkylation sites (N-methyl/N-ethyl adjacent to an activating group) is 1. The highest BCUT2D eigenvalue weighted by atomic mass is 15.2. The van der Waals surface area contributed by atoms with E-state index in [4.69, 9.17) is 0 Å². The zero-order valence-corrected chi connectivity index (χ0v) is 9.82. The van der Waals surface area contributed by atoms with Gasteiger partial charge in [0.05, 0.1) is 0 Å². The molecule has 0 radical (unpaired) electrons. The van der Waals surface area contributed by atoms with Crippen LogP contribution in [0.5, 0.6) is 0 Å². The fourth-order valence-electron chi connectivity index (χ4n) is 2.05. The quantitative estimate of drug-likeness (QED) is 0.787. The smallest absolute Gasteiger partial charge is 0.0371 e. The Kier molecular flexibility index (Phi) is 4.13. The molecule has 2 heterocycles. The lowest BCUT2D eigenvalue weighted by Gasteiger charge is -2.31. The van der Waals surface area contributed by atoms with E-state index >= 15 is 0 Å². The van der Waals surface area contributed by atoms with Crippen molar-refractivity contribution >= 4 is 5.69 Å². The van der Waals surface area contributed by atoms with Crippen molar-refractivity contribution < 1.29 is 0 Å². The zero-order chi connectivity index (χ0) is 11.2. The molecule has 4 nitrogen and oxygen atoms in total. The van der Waals surface area contributed by atoms with Gasteiger partial charge in [0.1, 0.15) is 0 Å². The number of hydrogen-bond donors (Lipinski definition) is 2. The van der Waals surface area contributed by atoms with Gasteiger partial charge < -0.3 is 15.5 Å². The predicted octanol–water partition coefficient (Wildman–Crippen LogP) is 0.787. The summed E-state index contributed by atoms with van der Waals surface area (Å²) < 4.78 is 0. The Hall–Kier alpha value is -1.13. The van der Waals surface area contributed by atoms with E-state index in [9.17, 15) is 0 Å². The highest BCUT2D eigenvalue weighted by Crippen LogP contribution is 2.05. The lowest BCUT2D eigenvalue weighted by atomic mass is 10.1. The Labute approximate surface area is 97.1 Å². The van der Waals surface area contributed by atoms with Crippen LogP contribution in [0.1, 0.15) is 6.42 Å². The van der Waals surface area contributed by atoms with Crippen molar-refractivity contribution in [3.05, 3.63) is 24.5 Å². The zero-order valence-electron chi connectivity index (χ0n) is 9.82. The van der Waals surface area contributed by atoms with E-state index in [1.807, 2.05) is 24.5 Å². The maximum Gasteiger partial charge on any atom is 0.0371 e. The van der Waals surface area contributed by atoms with Crippen LogP contribution in [0.4, 0.5) is 5.69 Å². The fourth-order valence-corrected chi connectivity index (χ4v) is 2.05. The molecule has 1 aliphatic heterocycles. The van der Waals surface area contributed by atoms with Gasteiger partial charge in [0.15, 0.2) is 0 Å². The Morgan fingerprint density at radius 2 is 2.31 bits per heavy atom. The predicted molar refractivity (Wildman–Crippen MR) is 66.6 cm³/mol. The molecule has 1 aromatic heterocycles. The molecule has 2 N–H and O–H groups in total. The topological polar surface area (TPSA) is 40.2 Å². The first-order valence-electron chi connectivity index (χ1n) is 5.90. The summed E-state index contributed by atoms with van der Waals surface area (Å²) in [5.41, 5.74) is 1.15. The summed E-state index contributed by atoms with van der Waals surface area (Å²) in [4.78, 5) is 6.38. The van der Waals surface area contributed by atoms with Crippen LogP contribution < -0.4 is 10.6 Å². The molecule has 1 fully saturated rings. The fraction of sp³-hybridized carbons (Fsp3) is 0.583. The van der Waals surface area contributed by atoms with Crippen molar-refractivity contribution in [2.24, 2.45) is 0 Å². The molecule has 1 saturated heterocycles. The maximum absolute atomic E-state index is 3.99. The van der Waals surface area contributed by atoms with Crippen LogP contribution in [0.2, 0.25) is 0 Å². The highest BCUT2D eigenvalue weighted by molar-refractivity contribution is 5.40. The van der Waals surface area contributed by atoms with Gasteiger partial charge in [-0.3, -0.25) is 4.98 Å².